The van der Waals surface area contributed by atoms with Gasteiger partial charge in [0.25, 0.3) is 0 Å². The summed E-state index contributed by atoms with van der Waals surface area (Å²) < 4.78 is 6.87. The van der Waals surface area contributed by atoms with Crippen molar-refractivity contribution in [3.63, 3.8) is 0 Å². The largest absolute Gasteiger partial charge is 0.495 e. The topological polar surface area (TPSA) is 39.4 Å². The average Bonchev–Trinajstić information content (AvgIpc) is 2.96. The van der Waals surface area contributed by atoms with Crippen LogP contribution in [0.5, 0.6) is 5.75 Å². The summed E-state index contributed by atoms with van der Waals surface area (Å²) in [6.07, 6.45) is 1.82. The van der Waals surface area contributed by atoms with E-state index in [1.807, 2.05) is 35.8 Å². The summed E-state index contributed by atoms with van der Waals surface area (Å²) in [5.74, 6) is 1.53. The molecule has 0 aliphatic carbocycles. The second kappa shape index (κ2) is 3.61. The first-order chi connectivity index (χ1) is 7.86. The molecule has 0 aromatic carbocycles. The Labute approximate surface area is 96.1 Å². The fraction of sp³-hybridized carbons (Fsp3) is 0.0909. The van der Waals surface area contributed by atoms with E-state index in [9.17, 15) is 0 Å². The van der Waals surface area contributed by atoms with Gasteiger partial charge in [-0.3, -0.25) is 0 Å². The molecule has 0 N–H and O–H groups in total. The van der Waals surface area contributed by atoms with Crippen LogP contribution in [0, 0.1) is 0 Å². The molecule has 0 fully saturated rings. The Morgan fingerprint density at radius 2 is 2.25 bits per heavy atom. The van der Waals surface area contributed by atoms with E-state index in [2.05, 4.69) is 10.1 Å². The number of thiophene rings is 1. The lowest BCUT2D eigenvalue weighted by Crippen LogP contribution is -1.89. The van der Waals surface area contributed by atoms with Crippen LogP contribution in [0.25, 0.3) is 16.3 Å². The summed E-state index contributed by atoms with van der Waals surface area (Å²) in [5.41, 5.74) is 0.823. The Balaban J connectivity index is 2.16. The summed E-state index contributed by atoms with van der Waals surface area (Å²) >= 11 is 1.63. The van der Waals surface area contributed by atoms with E-state index in [4.69, 9.17) is 4.74 Å². The van der Waals surface area contributed by atoms with Crippen LogP contribution in [0.15, 0.2) is 35.8 Å². The monoisotopic (exact) mass is 231 g/mol. The zero-order chi connectivity index (χ0) is 11.0. The lowest BCUT2D eigenvalue weighted by atomic mass is 10.4. The molecule has 0 amide bonds. The van der Waals surface area contributed by atoms with Crippen molar-refractivity contribution in [2.24, 2.45) is 0 Å². The van der Waals surface area contributed by atoms with Crippen molar-refractivity contribution in [1.82, 2.24) is 14.6 Å². The number of nitrogens with zero attached hydrogens (tertiary/aromatic N) is 3. The molecule has 4 nitrogen and oxygen atoms in total. The van der Waals surface area contributed by atoms with E-state index in [1.54, 1.807) is 23.0 Å². The van der Waals surface area contributed by atoms with Crippen molar-refractivity contribution < 1.29 is 4.74 Å². The lowest BCUT2D eigenvalue weighted by Gasteiger charge is -1.97. The maximum absolute atomic E-state index is 5.14. The summed E-state index contributed by atoms with van der Waals surface area (Å²) in [4.78, 5) is 5.51. The van der Waals surface area contributed by atoms with Gasteiger partial charge in [-0.1, -0.05) is 6.07 Å². The van der Waals surface area contributed by atoms with Crippen LogP contribution >= 0.6 is 11.3 Å². The summed E-state index contributed by atoms with van der Waals surface area (Å²) in [6.45, 7) is 0. The van der Waals surface area contributed by atoms with Gasteiger partial charge < -0.3 is 4.74 Å². The lowest BCUT2D eigenvalue weighted by molar-refractivity contribution is 0.411. The molecule has 0 unspecified atom stereocenters. The van der Waals surface area contributed by atoms with Crippen molar-refractivity contribution in [3.8, 4) is 16.5 Å². The van der Waals surface area contributed by atoms with Gasteiger partial charge in [-0.2, -0.15) is 0 Å². The van der Waals surface area contributed by atoms with Gasteiger partial charge in [-0.05, 0) is 23.6 Å². The first-order valence-corrected chi connectivity index (χ1v) is 5.69. The van der Waals surface area contributed by atoms with E-state index in [0.717, 1.165) is 22.1 Å². The number of pyridine rings is 1. The normalized spacial score (nSPS) is 10.8. The third-order valence-corrected chi connectivity index (χ3v) is 3.15. The molecule has 0 aliphatic rings. The van der Waals surface area contributed by atoms with Gasteiger partial charge in [0.05, 0.1) is 18.2 Å². The molecule has 5 heteroatoms. The van der Waals surface area contributed by atoms with Crippen LogP contribution in [0.4, 0.5) is 0 Å². The Hall–Kier alpha value is -1.88. The Morgan fingerprint density at radius 1 is 1.31 bits per heavy atom. The fourth-order valence-corrected chi connectivity index (χ4v) is 2.15. The second-order valence-electron chi connectivity index (χ2n) is 3.28. The molecule has 0 saturated heterocycles. The molecule has 16 heavy (non-hydrogen) atoms. The van der Waals surface area contributed by atoms with E-state index >= 15 is 0 Å². The molecule has 3 heterocycles. The molecule has 0 radical (unpaired) electrons. The smallest absolute Gasteiger partial charge is 0.192 e. The maximum Gasteiger partial charge on any atom is 0.192 e. The van der Waals surface area contributed by atoms with Gasteiger partial charge in [0.1, 0.15) is 5.75 Å². The molecule has 0 aliphatic heterocycles. The van der Waals surface area contributed by atoms with Gasteiger partial charge in [-0.15, -0.1) is 16.4 Å². The summed E-state index contributed by atoms with van der Waals surface area (Å²) in [7, 11) is 1.64. The van der Waals surface area contributed by atoms with E-state index < -0.39 is 0 Å². The van der Waals surface area contributed by atoms with Crippen LogP contribution in [0.2, 0.25) is 0 Å². The maximum atomic E-state index is 5.14. The summed E-state index contributed by atoms with van der Waals surface area (Å²) in [6, 6.07) is 7.77. The molecule has 3 aromatic heterocycles. The zero-order valence-corrected chi connectivity index (χ0v) is 9.44. The molecular weight excluding hydrogens is 222 g/mol. The van der Waals surface area contributed by atoms with E-state index in [-0.39, 0.29) is 0 Å². The highest BCUT2D eigenvalue weighted by Gasteiger charge is 2.07. The number of fused-ring (bicyclic) bond motifs is 1. The van der Waals surface area contributed by atoms with Crippen molar-refractivity contribution in [3.05, 3.63) is 35.8 Å². The number of rotatable bonds is 2. The minimum absolute atomic E-state index is 0.753. The highest BCUT2D eigenvalue weighted by atomic mass is 32.1. The molecule has 0 spiro atoms. The summed E-state index contributed by atoms with van der Waals surface area (Å²) in [5, 5.41) is 6.42. The van der Waals surface area contributed by atoms with Crippen LogP contribution in [0.3, 0.4) is 0 Å². The molecule has 0 saturated carbocycles. The van der Waals surface area contributed by atoms with Gasteiger partial charge in [-0.25, -0.2) is 9.50 Å². The Bertz CT molecular complexity index is 615. The van der Waals surface area contributed by atoms with Gasteiger partial charge in [0, 0.05) is 0 Å². The van der Waals surface area contributed by atoms with Crippen molar-refractivity contribution in [1.29, 1.82) is 0 Å². The van der Waals surface area contributed by atoms with Crippen molar-refractivity contribution >= 4 is 17.0 Å². The number of hydrogen-bond acceptors (Lipinski definition) is 4. The number of hydrogen-bond donors (Lipinski definition) is 0. The average molecular weight is 231 g/mol. The molecule has 0 atom stereocenters. The van der Waals surface area contributed by atoms with Gasteiger partial charge in [0.2, 0.25) is 0 Å². The molecule has 3 rings (SSSR count). The van der Waals surface area contributed by atoms with Gasteiger partial charge in [0.15, 0.2) is 11.5 Å². The number of ether oxygens (including phenoxy) is 1. The van der Waals surface area contributed by atoms with Gasteiger partial charge >= 0.3 is 0 Å². The SMILES string of the molecule is COc1ccc2nc(-c3cccs3)nn2c1. The van der Waals surface area contributed by atoms with Crippen LogP contribution in [0.1, 0.15) is 0 Å². The fourth-order valence-electron chi connectivity index (χ4n) is 1.50. The predicted octanol–water partition coefficient (Wildman–Crippen LogP) is 2.47. The molecule has 0 bridgehead atoms. The molecular formula is C11H9N3OS. The Kier molecular flexibility index (Phi) is 2.11. The Morgan fingerprint density at radius 3 is 3.00 bits per heavy atom. The third-order valence-electron chi connectivity index (χ3n) is 2.28. The van der Waals surface area contributed by atoms with Crippen molar-refractivity contribution in [2.45, 2.75) is 0 Å². The van der Waals surface area contributed by atoms with E-state index in [0.29, 0.717) is 0 Å². The van der Waals surface area contributed by atoms with Crippen LogP contribution < -0.4 is 4.74 Å². The number of methoxy groups -OCH3 is 1. The predicted molar refractivity (Wildman–Crippen MR) is 62.9 cm³/mol. The minimum Gasteiger partial charge on any atom is -0.495 e. The first-order valence-electron chi connectivity index (χ1n) is 4.81. The van der Waals surface area contributed by atoms with E-state index in [1.165, 1.54) is 0 Å². The third kappa shape index (κ3) is 1.45. The quantitative estimate of drug-likeness (QED) is 0.680. The minimum atomic E-state index is 0.753. The first kappa shape index (κ1) is 9.35. The molecule has 80 valence electrons. The highest BCUT2D eigenvalue weighted by molar-refractivity contribution is 7.13. The van der Waals surface area contributed by atoms with Crippen molar-refractivity contribution in [2.75, 3.05) is 7.11 Å². The second-order valence-corrected chi connectivity index (χ2v) is 4.23. The zero-order valence-electron chi connectivity index (χ0n) is 8.62. The van der Waals surface area contributed by atoms with Crippen LogP contribution in [-0.4, -0.2) is 21.7 Å². The highest BCUT2D eigenvalue weighted by Crippen LogP contribution is 2.22. The van der Waals surface area contributed by atoms with Crippen LogP contribution in [-0.2, 0) is 0 Å². The standard InChI is InChI=1S/C11H9N3OS/c1-15-8-4-5-10-12-11(13-14(10)7-8)9-3-2-6-16-9/h2-7H,1H3. The molecule has 3 aromatic rings. The number of aromatic nitrogens is 3.